The van der Waals surface area contributed by atoms with Crippen LogP contribution < -0.4 is 10.1 Å². The van der Waals surface area contributed by atoms with Gasteiger partial charge in [0.05, 0.1) is 0 Å². The van der Waals surface area contributed by atoms with E-state index in [9.17, 15) is 26.7 Å². The second-order valence-electron chi connectivity index (χ2n) is 4.04. The molecular weight excluding hydrogens is 377 g/mol. The summed E-state index contributed by atoms with van der Waals surface area (Å²) in [4.78, 5) is 11.6. The second-order valence-corrected chi connectivity index (χ2v) is 6.53. The molecule has 0 saturated carbocycles. The lowest BCUT2D eigenvalue weighted by atomic mass is 10.2. The predicted molar refractivity (Wildman–Crippen MR) is 76.7 cm³/mol. The van der Waals surface area contributed by atoms with Crippen LogP contribution in [0.3, 0.4) is 0 Å². The summed E-state index contributed by atoms with van der Waals surface area (Å²) in [6.07, 6.45) is 0. The topological polar surface area (TPSA) is 64.1 Å². The Bertz CT molecular complexity index is 742. The van der Waals surface area contributed by atoms with Crippen LogP contribution in [0.1, 0.15) is 6.92 Å². The van der Waals surface area contributed by atoms with Crippen molar-refractivity contribution in [2.24, 2.45) is 0 Å². The minimum atomic E-state index is -2.31. The molecular formula is C12H8F5N3O2S2. The molecule has 1 aromatic carbocycles. The molecule has 1 aromatic heterocycles. The third-order valence-corrected chi connectivity index (χ3v) is 4.29. The number of halogens is 5. The Morgan fingerprint density at radius 2 is 1.67 bits per heavy atom. The maximum absolute atomic E-state index is 13.4. The van der Waals surface area contributed by atoms with Crippen molar-refractivity contribution < 1.29 is 31.5 Å². The smallest absolute Gasteiger partial charge is 0.264 e. The number of hydrogen-bond donors (Lipinski definition) is 1. The normalized spacial score (nSPS) is 10.8. The van der Waals surface area contributed by atoms with Gasteiger partial charge in [-0.25, -0.2) is 13.2 Å². The van der Waals surface area contributed by atoms with Gasteiger partial charge in [0.15, 0.2) is 16.7 Å². The number of aromatic nitrogens is 2. The van der Waals surface area contributed by atoms with Gasteiger partial charge in [-0.05, 0) is 5.75 Å². The Hall–Kier alpha value is -1.95. The van der Waals surface area contributed by atoms with Crippen LogP contribution in [0.25, 0.3) is 0 Å². The molecule has 24 heavy (non-hydrogen) atoms. The highest BCUT2D eigenvalue weighted by Crippen LogP contribution is 2.29. The Morgan fingerprint density at radius 3 is 2.25 bits per heavy atom. The lowest BCUT2D eigenvalue weighted by molar-refractivity contribution is -0.118. The summed E-state index contributed by atoms with van der Waals surface area (Å²) in [5.41, 5.74) is 0. The van der Waals surface area contributed by atoms with Crippen LogP contribution in [0, 0.1) is 29.1 Å². The van der Waals surface area contributed by atoms with Crippen molar-refractivity contribution in [1.29, 1.82) is 0 Å². The fourth-order valence-electron chi connectivity index (χ4n) is 1.45. The molecule has 0 fully saturated rings. The number of rotatable bonds is 6. The zero-order valence-corrected chi connectivity index (χ0v) is 13.5. The largest absolute Gasteiger partial charge is 0.477 e. The molecule has 0 saturated heterocycles. The van der Waals surface area contributed by atoms with Gasteiger partial charge in [0.1, 0.15) is 0 Å². The number of thioether (sulfide) groups is 1. The molecule has 12 heteroatoms. The summed E-state index contributed by atoms with van der Waals surface area (Å²) in [6, 6.07) is 0. The summed E-state index contributed by atoms with van der Waals surface area (Å²) in [5.74, 6) is -12.6. The molecule has 0 aliphatic carbocycles. The van der Waals surface area contributed by atoms with Crippen molar-refractivity contribution in [2.75, 3.05) is 17.7 Å². The fraction of sp³-hybridized carbons (Fsp3) is 0.250. The Labute approximate surface area is 140 Å². The molecule has 130 valence electrons. The van der Waals surface area contributed by atoms with Gasteiger partial charge < -0.3 is 4.74 Å². The molecule has 1 heterocycles. The predicted octanol–water partition coefficient (Wildman–Crippen LogP) is 3.36. The van der Waals surface area contributed by atoms with E-state index >= 15 is 0 Å². The third kappa shape index (κ3) is 3.93. The van der Waals surface area contributed by atoms with Crippen LogP contribution in [-0.2, 0) is 4.79 Å². The van der Waals surface area contributed by atoms with Gasteiger partial charge >= 0.3 is 0 Å². The number of nitrogens with one attached hydrogen (secondary N) is 1. The zero-order valence-electron chi connectivity index (χ0n) is 11.8. The number of benzene rings is 1. The van der Waals surface area contributed by atoms with E-state index in [1.54, 1.807) is 0 Å². The van der Waals surface area contributed by atoms with E-state index in [0.29, 0.717) is 4.34 Å². The minimum Gasteiger partial charge on any atom is -0.477 e. The molecule has 0 unspecified atom stereocenters. The van der Waals surface area contributed by atoms with Crippen molar-refractivity contribution in [3.05, 3.63) is 29.1 Å². The number of carbonyl (C=O) groups excluding carboxylic acids is 1. The van der Waals surface area contributed by atoms with Gasteiger partial charge in [-0.2, -0.15) is 8.78 Å². The van der Waals surface area contributed by atoms with Crippen LogP contribution in [0.2, 0.25) is 0 Å². The van der Waals surface area contributed by atoms with Crippen molar-refractivity contribution in [1.82, 2.24) is 10.2 Å². The highest BCUT2D eigenvalue weighted by molar-refractivity contribution is 8.01. The average Bonchev–Trinajstić information content (AvgIpc) is 2.98. The molecule has 0 radical (unpaired) electrons. The van der Waals surface area contributed by atoms with Crippen molar-refractivity contribution >= 4 is 34.1 Å². The monoisotopic (exact) mass is 385 g/mol. The zero-order chi connectivity index (χ0) is 17.9. The standard InChI is InChI=1S/C12H8F5N3O2S2/c1-2-23-12-20-19-11(24-12)18-4(21)3-22-10-8(16)6(14)5(13)7(15)9(10)17/h2-3H2,1H3,(H,18,19,21). The van der Waals surface area contributed by atoms with Crippen molar-refractivity contribution in [3.63, 3.8) is 0 Å². The summed E-state index contributed by atoms with van der Waals surface area (Å²) >= 11 is 2.44. The molecule has 5 nitrogen and oxygen atoms in total. The maximum atomic E-state index is 13.4. The van der Waals surface area contributed by atoms with Gasteiger partial charge in [-0.3, -0.25) is 10.1 Å². The molecule has 0 aliphatic rings. The van der Waals surface area contributed by atoms with Gasteiger partial charge in [-0.1, -0.05) is 30.0 Å². The molecule has 0 bridgehead atoms. The third-order valence-electron chi connectivity index (χ3n) is 2.44. The SMILES string of the molecule is CCSc1nnc(NC(=O)COc2c(F)c(F)c(F)c(F)c2F)s1. The molecule has 2 aromatic rings. The minimum absolute atomic E-state index is 0.108. The van der Waals surface area contributed by atoms with E-state index in [4.69, 9.17) is 0 Å². The summed E-state index contributed by atoms with van der Waals surface area (Å²) in [6.45, 7) is 0.913. The number of hydrogen-bond acceptors (Lipinski definition) is 6. The lowest BCUT2D eigenvalue weighted by Gasteiger charge is -2.09. The first-order valence-corrected chi connectivity index (χ1v) is 8.05. The second kappa shape index (κ2) is 7.75. The molecule has 0 spiro atoms. The number of amides is 1. The van der Waals surface area contributed by atoms with Crippen molar-refractivity contribution in [2.45, 2.75) is 11.3 Å². The molecule has 0 aliphatic heterocycles. The van der Waals surface area contributed by atoms with E-state index in [2.05, 4.69) is 20.3 Å². The highest BCUT2D eigenvalue weighted by Gasteiger charge is 2.27. The van der Waals surface area contributed by atoms with Gasteiger partial charge in [-0.15, -0.1) is 10.2 Å². The molecule has 1 amide bonds. The number of ether oxygens (including phenoxy) is 1. The van der Waals surface area contributed by atoms with Crippen LogP contribution >= 0.6 is 23.1 Å². The van der Waals surface area contributed by atoms with E-state index in [1.807, 2.05) is 6.92 Å². The van der Waals surface area contributed by atoms with E-state index in [1.165, 1.54) is 11.8 Å². The first-order chi connectivity index (χ1) is 11.3. The maximum Gasteiger partial charge on any atom is 0.264 e. The van der Waals surface area contributed by atoms with Gasteiger partial charge in [0.2, 0.25) is 34.2 Å². The Balaban J connectivity index is 2.04. The first-order valence-electron chi connectivity index (χ1n) is 6.25. The number of nitrogens with zero attached hydrogens (tertiary/aromatic N) is 2. The van der Waals surface area contributed by atoms with Gasteiger partial charge in [0.25, 0.3) is 5.91 Å². The quantitative estimate of drug-likeness (QED) is 0.272. The highest BCUT2D eigenvalue weighted by atomic mass is 32.2. The van der Waals surface area contributed by atoms with E-state index in [0.717, 1.165) is 17.1 Å². The fourth-order valence-corrected chi connectivity index (χ4v) is 3.11. The van der Waals surface area contributed by atoms with Gasteiger partial charge in [0, 0.05) is 0 Å². The number of carbonyl (C=O) groups is 1. The summed E-state index contributed by atoms with van der Waals surface area (Å²) < 4.78 is 70.6. The summed E-state index contributed by atoms with van der Waals surface area (Å²) in [5, 5.41) is 9.74. The average molecular weight is 385 g/mol. The molecule has 2 rings (SSSR count). The molecule has 1 N–H and O–H groups in total. The Kier molecular flexibility index (Phi) is 5.94. The summed E-state index contributed by atoms with van der Waals surface area (Å²) in [7, 11) is 0. The Morgan fingerprint density at radius 1 is 1.08 bits per heavy atom. The van der Waals surface area contributed by atoms with Crippen molar-refractivity contribution in [3.8, 4) is 5.75 Å². The molecule has 0 atom stereocenters. The first kappa shape index (κ1) is 18.4. The van der Waals surface area contributed by atoms with E-state index in [-0.39, 0.29) is 5.13 Å². The van der Waals surface area contributed by atoms with Crippen LogP contribution in [0.15, 0.2) is 4.34 Å². The van der Waals surface area contributed by atoms with E-state index < -0.39 is 47.3 Å². The number of anilines is 1. The van der Waals surface area contributed by atoms with Crippen LogP contribution in [-0.4, -0.2) is 28.5 Å². The lowest BCUT2D eigenvalue weighted by Crippen LogP contribution is -2.21. The van der Waals surface area contributed by atoms with Crippen LogP contribution in [0.4, 0.5) is 27.1 Å². The van der Waals surface area contributed by atoms with Crippen LogP contribution in [0.5, 0.6) is 5.75 Å².